The molecule has 1 unspecified atom stereocenters. The first-order valence-electron chi connectivity index (χ1n) is 3.55. The van der Waals surface area contributed by atoms with Crippen LogP contribution in [0.2, 0.25) is 0 Å². The van der Waals surface area contributed by atoms with Crippen molar-refractivity contribution in [2.75, 3.05) is 14.1 Å². The van der Waals surface area contributed by atoms with Crippen LogP contribution < -0.4 is 0 Å². The SMILES string of the molecule is C/C(F)=C\C(C)C(=N)N(C)C. The van der Waals surface area contributed by atoms with Crippen LogP contribution in [-0.4, -0.2) is 24.8 Å². The van der Waals surface area contributed by atoms with Gasteiger partial charge in [0.15, 0.2) is 0 Å². The Balaban J connectivity index is 4.15. The Hall–Kier alpha value is -0.860. The molecule has 0 aromatic rings. The Labute approximate surface area is 67.2 Å². The zero-order valence-electron chi connectivity index (χ0n) is 7.48. The van der Waals surface area contributed by atoms with Gasteiger partial charge in [-0.15, -0.1) is 0 Å². The van der Waals surface area contributed by atoms with Gasteiger partial charge in [0.25, 0.3) is 0 Å². The molecule has 0 aliphatic carbocycles. The van der Waals surface area contributed by atoms with Crippen LogP contribution in [-0.2, 0) is 0 Å². The van der Waals surface area contributed by atoms with Crippen molar-refractivity contribution in [2.45, 2.75) is 13.8 Å². The zero-order chi connectivity index (χ0) is 9.02. The van der Waals surface area contributed by atoms with Gasteiger partial charge < -0.3 is 4.90 Å². The quantitative estimate of drug-likeness (QED) is 0.483. The van der Waals surface area contributed by atoms with Crippen molar-refractivity contribution in [1.82, 2.24) is 4.90 Å². The molecule has 0 aromatic heterocycles. The number of hydrogen-bond acceptors (Lipinski definition) is 1. The van der Waals surface area contributed by atoms with Crippen LogP contribution in [0.25, 0.3) is 0 Å². The largest absolute Gasteiger partial charge is 0.366 e. The molecule has 1 N–H and O–H groups in total. The molecule has 0 fully saturated rings. The molecule has 3 heteroatoms. The predicted molar refractivity (Wildman–Crippen MR) is 45.4 cm³/mol. The van der Waals surface area contributed by atoms with E-state index in [1.54, 1.807) is 25.9 Å². The van der Waals surface area contributed by atoms with Crippen LogP contribution in [0, 0.1) is 11.3 Å². The molecule has 0 heterocycles. The third-order valence-corrected chi connectivity index (χ3v) is 1.39. The predicted octanol–water partition coefficient (Wildman–Crippen LogP) is 2.03. The van der Waals surface area contributed by atoms with Crippen molar-refractivity contribution in [3.05, 3.63) is 11.9 Å². The molecule has 0 aliphatic heterocycles. The van der Waals surface area contributed by atoms with Crippen molar-refractivity contribution in [3.63, 3.8) is 0 Å². The van der Waals surface area contributed by atoms with Gasteiger partial charge in [-0.1, -0.05) is 6.92 Å². The van der Waals surface area contributed by atoms with E-state index in [2.05, 4.69) is 0 Å². The molecule has 1 atom stereocenters. The van der Waals surface area contributed by atoms with Crippen molar-refractivity contribution in [3.8, 4) is 0 Å². The second kappa shape index (κ2) is 4.11. The van der Waals surface area contributed by atoms with Gasteiger partial charge in [-0.05, 0) is 13.0 Å². The van der Waals surface area contributed by atoms with Crippen LogP contribution in [0.4, 0.5) is 4.39 Å². The van der Waals surface area contributed by atoms with E-state index in [1.807, 2.05) is 0 Å². The monoisotopic (exact) mass is 158 g/mol. The number of hydrogen-bond donors (Lipinski definition) is 1. The summed E-state index contributed by atoms with van der Waals surface area (Å²) in [5, 5.41) is 7.46. The second-order valence-corrected chi connectivity index (χ2v) is 2.82. The number of rotatable bonds is 2. The summed E-state index contributed by atoms with van der Waals surface area (Å²) in [6.07, 6.45) is 1.43. The van der Waals surface area contributed by atoms with Gasteiger partial charge in [0.1, 0.15) is 5.84 Å². The lowest BCUT2D eigenvalue weighted by Gasteiger charge is -2.17. The minimum atomic E-state index is -0.232. The maximum atomic E-state index is 12.3. The van der Waals surface area contributed by atoms with Crippen LogP contribution >= 0.6 is 0 Å². The van der Waals surface area contributed by atoms with E-state index in [4.69, 9.17) is 5.41 Å². The van der Waals surface area contributed by atoms with Gasteiger partial charge >= 0.3 is 0 Å². The van der Waals surface area contributed by atoms with Crippen LogP contribution in [0.1, 0.15) is 13.8 Å². The summed E-state index contributed by atoms with van der Waals surface area (Å²) in [6, 6.07) is 0. The molecule has 0 spiro atoms. The Bertz CT molecular complexity index is 169. The van der Waals surface area contributed by atoms with Crippen molar-refractivity contribution in [1.29, 1.82) is 5.41 Å². The van der Waals surface area contributed by atoms with E-state index < -0.39 is 0 Å². The minimum Gasteiger partial charge on any atom is -0.366 e. The van der Waals surface area contributed by atoms with E-state index in [1.165, 1.54) is 13.0 Å². The first-order chi connectivity index (χ1) is 4.95. The van der Waals surface area contributed by atoms with E-state index in [0.29, 0.717) is 5.84 Å². The fourth-order valence-corrected chi connectivity index (χ4v) is 0.831. The second-order valence-electron chi connectivity index (χ2n) is 2.82. The molecule has 0 amide bonds. The molecule has 11 heavy (non-hydrogen) atoms. The lowest BCUT2D eigenvalue weighted by atomic mass is 10.1. The summed E-state index contributed by atoms with van der Waals surface area (Å²) in [5.74, 6) is 0.0427. The van der Waals surface area contributed by atoms with Gasteiger partial charge in [-0.25, -0.2) is 4.39 Å². The van der Waals surface area contributed by atoms with E-state index in [0.717, 1.165) is 0 Å². The Morgan fingerprint density at radius 3 is 2.27 bits per heavy atom. The zero-order valence-corrected chi connectivity index (χ0v) is 7.48. The average molecular weight is 158 g/mol. The van der Waals surface area contributed by atoms with Crippen molar-refractivity contribution < 1.29 is 4.39 Å². The minimum absolute atomic E-state index is 0.144. The number of amidine groups is 1. The van der Waals surface area contributed by atoms with Crippen LogP contribution in [0.3, 0.4) is 0 Å². The summed E-state index contributed by atoms with van der Waals surface area (Å²) in [7, 11) is 3.56. The van der Waals surface area contributed by atoms with E-state index in [-0.39, 0.29) is 11.7 Å². The maximum absolute atomic E-state index is 12.3. The highest BCUT2D eigenvalue weighted by Gasteiger charge is 2.07. The third-order valence-electron chi connectivity index (χ3n) is 1.39. The standard InChI is InChI=1S/C8H15FN2/c1-6(5-7(2)9)8(10)11(3)4/h5-6,10H,1-4H3/b7-5+,10-8?. The molecule has 0 saturated carbocycles. The third kappa shape index (κ3) is 3.75. The number of halogens is 1. The molecule has 0 aromatic carbocycles. The smallest absolute Gasteiger partial charge is 0.102 e. The normalized spacial score (nSPS) is 14.5. The van der Waals surface area contributed by atoms with Gasteiger partial charge in [0.05, 0.1) is 5.83 Å². The van der Waals surface area contributed by atoms with Gasteiger partial charge in [-0.2, -0.15) is 0 Å². The molecule has 0 radical (unpaired) electrons. The molecule has 0 aliphatic rings. The molecule has 0 rings (SSSR count). The number of nitrogens with zero attached hydrogens (tertiary/aromatic N) is 1. The summed E-state index contributed by atoms with van der Waals surface area (Å²) in [6.45, 7) is 3.19. The molecule has 64 valence electrons. The summed E-state index contributed by atoms with van der Waals surface area (Å²) in [4.78, 5) is 1.67. The highest BCUT2D eigenvalue weighted by atomic mass is 19.1. The molecule has 2 nitrogen and oxygen atoms in total. The van der Waals surface area contributed by atoms with Crippen molar-refractivity contribution in [2.24, 2.45) is 5.92 Å². The lowest BCUT2D eigenvalue weighted by molar-refractivity contribution is 0.572. The van der Waals surface area contributed by atoms with E-state index in [9.17, 15) is 4.39 Å². The van der Waals surface area contributed by atoms with Gasteiger partial charge in [0.2, 0.25) is 0 Å². The summed E-state index contributed by atoms with van der Waals surface area (Å²) < 4.78 is 12.3. The number of nitrogens with one attached hydrogen (secondary N) is 1. The Morgan fingerprint density at radius 1 is 1.55 bits per heavy atom. The summed E-state index contributed by atoms with van der Waals surface area (Å²) in [5.41, 5.74) is 0. The molecule has 0 bridgehead atoms. The fraction of sp³-hybridized carbons (Fsp3) is 0.625. The number of allylic oxidation sites excluding steroid dienone is 1. The van der Waals surface area contributed by atoms with Gasteiger partial charge in [0, 0.05) is 20.0 Å². The Morgan fingerprint density at radius 2 is 2.00 bits per heavy atom. The molecular weight excluding hydrogens is 143 g/mol. The first-order valence-corrected chi connectivity index (χ1v) is 3.55. The average Bonchev–Trinajstić information content (AvgIpc) is 1.84. The summed E-state index contributed by atoms with van der Waals surface area (Å²) >= 11 is 0. The van der Waals surface area contributed by atoms with Crippen molar-refractivity contribution >= 4 is 5.84 Å². The molecular formula is C8H15FN2. The maximum Gasteiger partial charge on any atom is 0.102 e. The highest BCUT2D eigenvalue weighted by molar-refractivity contribution is 5.82. The van der Waals surface area contributed by atoms with Crippen LogP contribution in [0.5, 0.6) is 0 Å². The highest BCUT2D eigenvalue weighted by Crippen LogP contribution is 2.06. The topological polar surface area (TPSA) is 27.1 Å². The fourth-order valence-electron chi connectivity index (χ4n) is 0.831. The first kappa shape index (κ1) is 10.1. The van der Waals surface area contributed by atoms with Gasteiger partial charge in [-0.3, -0.25) is 5.41 Å². The Kier molecular flexibility index (Phi) is 3.79. The molecule has 0 saturated heterocycles. The van der Waals surface area contributed by atoms with Crippen LogP contribution in [0.15, 0.2) is 11.9 Å². The van der Waals surface area contributed by atoms with E-state index >= 15 is 0 Å². The lowest BCUT2D eigenvalue weighted by Crippen LogP contribution is -2.26.